The minimum absolute atomic E-state index is 0.0107. The van der Waals surface area contributed by atoms with E-state index in [1.54, 1.807) is 5.51 Å². The van der Waals surface area contributed by atoms with Gasteiger partial charge in [-0.05, 0) is 43.9 Å². The van der Waals surface area contributed by atoms with Gasteiger partial charge in [0.25, 0.3) is 5.91 Å². The van der Waals surface area contributed by atoms with E-state index in [4.69, 9.17) is 4.74 Å². The van der Waals surface area contributed by atoms with Crippen LogP contribution in [0, 0.1) is 5.41 Å². The van der Waals surface area contributed by atoms with Crippen molar-refractivity contribution in [2.75, 3.05) is 19.7 Å². The van der Waals surface area contributed by atoms with Gasteiger partial charge in [0.1, 0.15) is 11.6 Å². The van der Waals surface area contributed by atoms with Crippen LogP contribution in [0.15, 0.2) is 5.51 Å². The van der Waals surface area contributed by atoms with E-state index in [-0.39, 0.29) is 29.4 Å². The van der Waals surface area contributed by atoms with Crippen LogP contribution in [0.3, 0.4) is 0 Å². The molecule has 24 heavy (non-hydrogen) atoms. The van der Waals surface area contributed by atoms with Crippen molar-refractivity contribution in [3.05, 3.63) is 10.5 Å². The Morgan fingerprint density at radius 1 is 1.38 bits per heavy atom. The number of nitrogens with one attached hydrogen (secondary N) is 1. The fourth-order valence-electron chi connectivity index (χ4n) is 4.28. The monoisotopic (exact) mass is 350 g/mol. The Balaban J connectivity index is 1.31. The number of amides is 2. The van der Waals surface area contributed by atoms with Crippen LogP contribution >= 0.6 is 11.3 Å². The Kier molecular flexibility index (Phi) is 4.26. The minimum Gasteiger partial charge on any atom is -0.368 e. The highest BCUT2D eigenvalue weighted by molar-refractivity contribution is 7.11. The van der Waals surface area contributed by atoms with Crippen LogP contribution in [0.2, 0.25) is 0 Å². The summed E-state index contributed by atoms with van der Waals surface area (Å²) >= 11 is 1.29. The second-order valence-corrected chi connectivity index (χ2v) is 8.02. The van der Waals surface area contributed by atoms with Gasteiger partial charge in [-0.1, -0.05) is 11.3 Å². The molecule has 2 amide bonds. The molecule has 0 aromatic carbocycles. The van der Waals surface area contributed by atoms with Gasteiger partial charge in [0.2, 0.25) is 10.9 Å². The summed E-state index contributed by atoms with van der Waals surface area (Å²) in [5.41, 5.74) is 1.75. The van der Waals surface area contributed by atoms with Gasteiger partial charge < -0.3 is 15.0 Å². The van der Waals surface area contributed by atoms with Crippen molar-refractivity contribution in [3.8, 4) is 0 Å². The molecular formula is C16H22N4O3S. The third-order valence-corrected chi connectivity index (χ3v) is 6.10. The van der Waals surface area contributed by atoms with Gasteiger partial charge in [-0.2, -0.15) is 0 Å². The van der Waals surface area contributed by atoms with Crippen molar-refractivity contribution < 1.29 is 14.3 Å². The van der Waals surface area contributed by atoms with E-state index >= 15 is 0 Å². The van der Waals surface area contributed by atoms with Crippen LogP contribution in [0.4, 0.5) is 0 Å². The molecule has 1 aliphatic carbocycles. The molecule has 1 aromatic heterocycles. The van der Waals surface area contributed by atoms with Crippen molar-refractivity contribution >= 4 is 23.2 Å². The quantitative estimate of drug-likeness (QED) is 0.886. The zero-order chi connectivity index (χ0) is 16.6. The molecule has 3 aliphatic rings. The number of hydrogen-bond acceptors (Lipinski definition) is 6. The molecule has 3 heterocycles. The van der Waals surface area contributed by atoms with Crippen molar-refractivity contribution in [1.29, 1.82) is 0 Å². The number of nitrogens with zero attached hydrogens (tertiary/aromatic N) is 3. The Morgan fingerprint density at radius 3 is 2.96 bits per heavy atom. The first-order chi connectivity index (χ1) is 11.7. The summed E-state index contributed by atoms with van der Waals surface area (Å²) in [6.07, 6.45) is 5.57. The number of likely N-dealkylation sites (tertiary alicyclic amines) is 1. The highest BCUT2D eigenvalue weighted by Crippen LogP contribution is 2.48. The Labute approximate surface area is 144 Å². The van der Waals surface area contributed by atoms with Crippen molar-refractivity contribution in [2.24, 2.45) is 5.41 Å². The maximum atomic E-state index is 12.5. The normalized spacial score (nSPS) is 32.6. The number of ether oxygens (including phenoxy) is 1. The minimum atomic E-state index is -0.261. The topological polar surface area (TPSA) is 84.4 Å². The van der Waals surface area contributed by atoms with Crippen LogP contribution in [0.5, 0.6) is 0 Å². The molecule has 0 radical (unpaired) electrons. The van der Waals surface area contributed by atoms with Crippen LogP contribution in [-0.4, -0.2) is 58.8 Å². The second-order valence-electron chi connectivity index (χ2n) is 7.19. The van der Waals surface area contributed by atoms with Crippen LogP contribution in [-0.2, 0) is 9.53 Å². The summed E-state index contributed by atoms with van der Waals surface area (Å²) in [6.45, 7) is 2.24. The predicted molar refractivity (Wildman–Crippen MR) is 87.6 cm³/mol. The van der Waals surface area contributed by atoms with E-state index in [1.165, 1.54) is 11.3 Å². The smallest absolute Gasteiger partial charge is 0.284 e. The molecule has 8 heteroatoms. The first-order valence-corrected chi connectivity index (χ1v) is 9.51. The van der Waals surface area contributed by atoms with E-state index in [2.05, 4.69) is 15.5 Å². The molecule has 7 nitrogen and oxygen atoms in total. The van der Waals surface area contributed by atoms with Crippen molar-refractivity contribution in [1.82, 2.24) is 20.4 Å². The number of hydrogen-bond donors (Lipinski definition) is 1. The average Bonchev–Trinajstić information content (AvgIpc) is 3.26. The summed E-state index contributed by atoms with van der Waals surface area (Å²) in [5, 5.41) is 11.2. The van der Waals surface area contributed by atoms with Gasteiger partial charge in [0.05, 0.1) is 0 Å². The number of rotatable bonds is 3. The molecule has 0 bridgehead atoms. The first-order valence-electron chi connectivity index (χ1n) is 8.63. The highest BCUT2D eigenvalue weighted by Gasteiger charge is 2.48. The van der Waals surface area contributed by atoms with Crippen molar-refractivity contribution in [2.45, 2.75) is 50.7 Å². The number of aromatic nitrogens is 2. The summed E-state index contributed by atoms with van der Waals surface area (Å²) in [4.78, 5) is 26.5. The average molecular weight is 350 g/mol. The van der Waals surface area contributed by atoms with Gasteiger partial charge in [0, 0.05) is 25.7 Å². The van der Waals surface area contributed by atoms with Crippen LogP contribution in [0.1, 0.15) is 48.3 Å². The molecule has 1 saturated carbocycles. The van der Waals surface area contributed by atoms with Gasteiger partial charge in [-0.25, -0.2) is 0 Å². The molecule has 1 N–H and O–H groups in total. The first kappa shape index (κ1) is 16.0. The lowest BCUT2D eigenvalue weighted by Crippen LogP contribution is -2.59. The van der Waals surface area contributed by atoms with Crippen LogP contribution < -0.4 is 5.32 Å². The van der Waals surface area contributed by atoms with E-state index in [0.717, 1.165) is 51.6 Å². The maximum absolute atomic E-state index is 12.5. The highest BCUT2D eigenvalue weighted by atomic mass is 32.1. The molecule has 1 aromatic rings. The third kappa shape index (κ3) is 3.04. The lowest BCUT2D eigenvalue weighted by molar-refractivity contribution is -0.133. The van der Waals surface area contributed by atoms with E-state index in [1.807, 2.05) is 4.90 Å². The molecule has 130 valence electrons. The zero-order valence-corrected chi connectivity index (χ0v) is 14.4. The van der Waals surface area contributed by atoms with E-state index < -0.39 is 0 Å². The maximum Gasteiger partial charge on any atom is 0.284 e. The van der Waals surface area contributed by atoms with Crippen molar-refractivity contribution in [3.63, 3.8) is 0 Å². The third-order valence-electron chi connectivity index (χ3n) is 5.42. The Bertz CT molecular complexity index is 609. The molecule has 2 aliphatic heterocycles. The number of carbonyl (C=O) groups excluding carboxylic acids is 2. The second kappa shape index (κ2) is 6.40. The lowest BCUT2D eigenvalue weighted by Gasteiger charge is -2.53. The number of carbonyl (C=O) groups is 2. The fourth-order valence-corrected chi connectivity index (χ4v) is 4.80. The molecule has 3 fully saturated rings. The Hall–Kier alpha value is -1.54. The molecular weight excluding hydrogens is 328 g/mol. The fraction of sp³-hybridized carbons (Fsp3) is 0.750. The molecule has 2 saturated heterocycles. The molecule has 1 atom stereocenters. The predicted octanol–water partition coefficient (Wildman–Crippen LogP) is 1.22. The zero-order valence-electron chi connectivity index (χ0n) is 13.6. The van der Waals surface area contributed by atoms with Gasteiger partial charge in [-0.15, -0.1) is 10.2 Å². The SMILES string of the molecule is O=C(NC1CC2(CCCN(C(=O)c3nncs3)C2)C1)[C@H]1CCCO1. The van der Waals surface area contributed by atoms with Gasteiger partial charge in [-0.3, -0.25) is 9.59 Å². The van der Waals surface area contributed by atoms with Gasteiger partial charge in [0.15, 0.2) is 0 Å². The van der Waals surface area contributed by atoms with E-state index in [9.17, 15) is 9.59 Å². The van der Waals surface area contributed by atoms with Crippen LogP contribution in [0.25, 0.3) is 0 Å². The largest absolute Gasteiger partial charge is 0.368 e. The summed E-state index contributed by atoms with van der Waals surface area (Å²) < 4.78 is 5.43. The standard InChI is InChI=1S/C16H22N4O3S/c21-13(12-3-1-6-23-12)18-11-7-16(8-11)4-2-5-20(9-16)15(22)14-19-17-10-24-14/h10-12H,1-9H2,(H,18,21)/t11?,12-,16?/m1/s1. The molecule has 0 unspecified atom stereocenters. The summed E-state index contributed by atoms with van der Waals surface area (Å²) in [5.74, 6) is 0.0216. The lowest BCUT2D eigenvalue weighted by atomic mass is 9.61. The number of piperidine rings is 1. The molecule has 4 rings (SSSR count). The summed E-state index contributed by atoms with van der Waals surface area (Å²) in [6, 6.07) is 0.221. The Morgan fingerprint density at radius 2 is 2.25 bits per heavy atom. The van der Waals surface area contributed by atoms with Gasteiger partial charge >= 0.3 is 0 Å². The summed E-state index contributed by atoms with van der Waals surface area (Å²) in [7, 11) is 0. The molecule has 1 spiro atoms. The van der Waals surface area contributed by atoms with E-state index in [0.29, 0.717) is 11.6 Å².